The predicted molar refractivity (Wildman–Crippen MR) is 66.2 cm³/mol. The number of hydrogen-bond donors (Lipinski definition) is 1. The van der Waals surface area contributed by atoms with E-state index in [1.54, 1.807) is 30.3 Å². The smallest absolute Gasteiger partial charge is 0.243 e. The molecule has 5 heteroatoms. The first kappa shape index (κ1) is 14.3. The summed E-state index contributed by atoms with van der Waals surface area (Å²) in [7, 11) is -1.43. The fraction of sp³-hybridized carbons (Fsp3) is 0.500. The van der Waals surface area contributed by atoms with Crippen molar-refractivity contribution < 1.29 is 13.0 Å². The Kier molecular flexibility index (Phi) is 5.71. The molecule has 17 heavy (non-hydrogen) atoms. The van der Waals surface area contributed by atoms with Crippen LogP contribution in [0, 0.1) is 5.92 Å². The molecule has 1 aromatic carbocycles. The highest BCUT2D eigenvalue weighted by molar-refractivity contribution is 7.83. The summed E-state index contributed by atoms with van der Waals surface area (Å²) in [5, 5.41) is 0. The van der Waals surface area contributed by atoms with Crippen molar-refractivity contribution in [2.24, 2.45) is 5.92 Å². The Morgan fingerprint density at radius 2 is 1.82 bits per heavy atom. The van der Waals surface area contributed by atoms with Crippen molar-refractivity contribution in [3.8, 4) is 0 Å². The summed E-state index contributed by atoms with van der Waals surface area (Å²) in [6.45, 7) is 3.80. The molecule has 1 rings (SSSR count). The van der Waals surface area contributed by atoms with Gasteiger partial charge in [0.2, 0.25) is 0 Å². The van der Waals surface area contributed by atoms with Gasteiger partial charge in [0, 0.05) is 5.75 Å². The Hall–Kier alpha value is -0.810. The van der Waals surface area contributed by atoms with Crippen LogP contribution in [0.25, 0.3) is 0 Å². The van der Waals surface area contributed by atoms with Gasteiger partial charge in [-0.1, -0.05) is 44.2 Å². The lowest BCUT2D eigenvalue weighted by Crippen LogP contribution is -2.31. The van der Waals surface area contributed by atoms with Gasteiger partial charge in [-0.15, -0.1) is 0 Å². The lowest BCUT2D eigenvalue weighted by Gasteiger charge is -2.18. The molecule has 0 aliphatic heterocycles. The molecule has 0 aliphatic carbocycles. The van der Waals surface area contributed by atoms with E-state index in [1.165, 1.54) is 0 Å². The summed E-state index contributed by atoms with van der Waals surface area (Å²) in [6.07, 6.45) is -2.58. The summed E-state index contributed by atoms with van der Waals surface area (Å²) in [5.41, 5.74) is 0.458. The van der Waals surface area contributed by atoms with E-state index >= 15 is 0 Å². The third-order valence-corrected chi connectivity index (χ3v) is 3.64. The molecule has 0 amide bonds. The normalized spacial score (nSPS) is 15.2. The number of nitrogens with one attached hydrogen (secondary N) is 1. The van der Waals surface area contributed by atoms with E-state index in [2.05, 4.69) is 4.72 Å². The molecule has 0 heterocycles. The van der Waals surface area contributed by atoms with Gasteiger partial charge in [-0.05, 0) is 11.5 Å². The highest BCUT2D eigenvalue weighted by Crippen LogP contribution is 2.20. The van der Waals surface area contributed by atoms with Crippen LogP contribution in [-0.4, -0.2) is 16.4 Å². The largest absolute Gasteiger partial charge is 0.258 e. The summed E-state index contributed by atoms with van der Waals surface area (Å²) < 4.78 is 39.9. The Bertz CT molecular complexity index is 357. The molecule has 2 atom stereocenters. The molecule has 96 valence electrons. The molecule has 1 N–H and O–H groups in total. The summed E-state index contributed by atoms with van der Waals surface area (Å²) >= 11 is 0. The monoisotopic (exact) mass is 261 g/mol. The Morgan fingerprint density at radius 3 is 2.29 bits per heavy atom. The molecule has 0 spiro atoms. The zero-order chi connectivity index (χ0) is 12.8. The molecular formula is C12H17F2NOS. The maximum atomic E-state index is 12.9. The first-order valence-corrected chi connectivity index (χ1v) is 6.80. The van der Waals surface area contributed by atoms with Gasteiger partial charge < -0.3 is 0 Å². The fourth-order valence-corrected chi connectivity index (χ4v) is 2.64. The molecule has 0 fully saturated rings. The van der Waals surface area contributed by atoms with Gasteiger partial charge in [0.1, 0.15) is 6.04 Å². The van der Waals surface area contributed by atoms with Crippen LogP contribution in [0.2, 0.25) is 0 Å². The second kappa shape index (κ2) is 6.81. The van der Waals surface area contributed by atoms with E-state index < -0.39 is 23.5 Å². The standard InChI is InChI=1S/C12H17F2NOS/c1-9(2)8-17(16)15-11(12(13)14)10-6-4-3-5-7-10/h3-7,9,11-12,15H,8H2,1-2H3/t11-,17-/m0/s1. The molecule has 0 bridgehead atoms. The lowest BCUT2D eigenvalue weighted by molar-refractivity contribution is 0.109. The molecule has 0 unspecified atom stereocenters. The topological polar surface area (TPSA) is 29.1 Å². The number of halogens is 2. The number of rotatable bonds is 6. The average Bonchev–Trinajstić information content (AvgIpc) is 2.25. The van der Waals surface area contributed by atoms with Crippen molar-refractivity contribution in [3.63, 3.8) is 0 Å². The maximum Gasteiger partial charge on any atom is 0.258 e. The third-order valence-electron chi connectivity index (χ3n) is 2.15. The third kappa shape index (κ3) is 4.91. The number of benzene rings is 1. The molecule has 1 aromatic rings. The van der Waals surface area contributed by atoms with Crippen LogP contribution in [0.15, 0.2) is 30.3 Å². The molecule has 2 nitrogen and oxygen atoms in total. The zero-order valence-corrected chi connectivity index (χ0v) is 10.7. The summed E-state index contributed by atoms with van der Waals surface area (Å²) in [4.78, 5) is 0. The van der Waals surface area contributed by atoms with Gasteiger partial charge in [-0.2, -0.15) is 0 Å². The maximum absolute atomic E-state index is 12.9. The SMILES string of the molecule is CC(C)C[S@](=O)N[C@@H](c1ccccc1)C(F)F. The van der Waals surface area contributed by atoms with Crippen molar-refractivity contribution >= 4 is 11.0 Å². The molecule has 0 radical (unpaired) electrons. The lowest BCUT2D eigenvalue weighted by atomic mass is 10.1. The molecule has 0 saturated heterocycles. The zero-order valence-electron chi connectivity index (χ0n) is 9.90. The van der Waals surface area contributed by atoms with Crippen LogP contribution < -0.4 is 4.72 Å². The van der Waals surface area contributed by atoms with Crippen molar-refractivity contribution in [1.29, 1.82) is 0 Å². The van der Waals surface area contributed by atoms with Crippen LogP contribution in [0.3, 0.4) is 0 Å². The Morgan fingerprint density at radius 1 is 1.24 bits per heavy atom. The van der Waals surface area contributed by atoms with Crippen molar-refractivity contribution in [2.75, 3.05) is 5.75 Å². The average molecular weight is 261 g/mol. The van der Waals surface area contributed by atoms with Crippen LogP contribution in [-0.2, 0) is 11.0 Å². The Balaban J connectivity index is 2.71. The predicted octanol–water partition coefficient (Wildman–Crippen LogP) is 2.90. The van der Waals surface area contributed by atoms with Crippen LogP contribution in [0.4, 0.5) is 8.78 Å². The molecule has 0 aliphatic rings. The van der Waals surface area contributed by atoms with Crippen molar-refractivity contribution in [2.45, 2.75) is 26.3 Å². The van der Waals surface area contributed by atoms with Crippen LogP contribution in [0.5, 0.6) is 0 Å². The second-order valence-electron chi connectivity index (χ2n) is 4.25. The minimum atomic E-state index is -2.58. The van der Waals surface area contributed by atoms with E-state index in [9.17, 15) is 13.0 Å². The van der Waals surface area contributed by atoms with Gasteiger partial charge >= 0.3 is 0 Å². The quantitative estimate of drug-likeness (QED) is 0.838. The fourth-order valence-electron chi connectivity index (χ4n) is 1.42. The highest BCUT2D eigenvalue weighted by atomic mass is 32.2. The second-order valence-corrected chi connectivity index (χ2v) is 5.51. The summed E-state index contributed by atoms with van der Waals surface area (Å²) in [6, 6.07) is 7.19. The van der Waals surface area contributed by atoms with E-state index in [1.807, 2.05) is 13.8 Å². The highest BCUT2D eigenvalue weighted by Gasteiger charge is 2.24. The molecule has 0 saturated carbocycles. The van der Waals surface area contributed by atoms with Crippen molar-refractivity contribution in [1.82, 2.24) is 4.72 Å². The van der Waals surface area contributed by atoms with Crippen molar-refractivity contribution in [3.05, 3.63) is 35.9 Å². The number of alkyl halides is 2. The van der Waals surface area contributed by atoms with E-state index in [0.717, 1.165) is 0 Å². The van der Waals surface area contributed by atoms with Gasteiger partial charge in [-0.3, -0.25) is 0 Å². The summed E-state index contributed by atoms with van der Waals surface area (Å²) in [5.74, 6) is 0.577. The van der Waals surface area contributed by atoms with E-state index in [0.29, 0.717) is 11.3 Å². The van der Waals surface area contributed by atoms with Gasteiger partial charge in [0.25, 0.3) is 6.43 Å². The van der Waals surface area contributed by atoms with Crippen LogP contribution in [0.1, 0.15) is 25.5 Å². The van der Waals surface area contributed by atoms with Crippen LogP contribution >= 0.6 is 0 Å². The first-order chi connectivity index (χ1) is 8.00. The molecular weight excluding hydrogens is 244 g/mol. The minimum Gasteiger partial charge on any atom is -0.243 e. The molecule has 0 aromatic heterocycles. The van der Waals surface area contributed by atoms with Gasteiger partial charge in [-0.25, -0.2) is 17.7 Å². The van der Waals surface area contributed by atoms with Gasteiger partial charge in [0.05, 0.1) is 11.0 Å². The Labute approximate surface area is 103 Å². The van der Waals surface area contributed by atoms with E-state index in [-0.39, 0.29) is 5.92 Å². The minimum absolute atomic E-state index is 0.206. The van der Waals surface area contributed by atoms with E-state index in [4.69, 9.17) is 0 Å². The first-order valence-electron chi connectivity index (χ1n) is 5.48. The van der Waals surface area contributed by atoms with Gasteiger partial charge in [0.15, 0.2) is 0 Å². The number of hydrogen-bond acceptors (Lipinski definition) is 1.